The van der Waals surface area contributed by atoms with Crippen molar-refractivity contribution in [3.05, 3.63) is 34.9 Å². The van der Waals surface area contributed by atoms with E-state index in [1.165, 1.54) is 0 Å². The van der Waals surface area contributed by atoms with Crippen LogP contribution in [0.2, 0.25) is 5.02 Å². The van der Waals surface area contributed by atoms with Gasteiger partial charge >= 0.3 is 0 Å². The predicted octanol–water partition coefficient (Wildman–Crippen LogP) is 3.59. The zero-order chi connectivity index (χ0) is 13.6. The zero-order valence-corrected chi connectivity index (χ0v) is 12.2. The molecule has 1 aliphatic heterocycles. The maximum Gasteiger partial charge on any atom is 0.0998 e. The minimum atomic E-state index is -0.860. The smallest absolute Gasteiger partial charge is 0.0998 e. The minimum Gasteiger partial charge on any atom is -0.386 e. The fourth-order valence-electron chi connectivity index (χ4n) is 3.00. The SMILES string of the molecule is CC1(C)CC(O)(Cc2cccc(Cl)c2)C(C)(C)O1. The number of aliphatic hydroxyl groups is 1. The van der Waals surface area contributed by atoms with Gasteiger partial charge < -0.3 is 9.84 Å². The summed E-state index contributed by atoms with van der Waals surface area (Å²) in [5, 5.41) is 11.6. The number of rotatable bonds is 2. The second kappa shape index (κ2) is 4.22. The molecule has 3 heteroatoms. The Morgan fingerprint density at radius 1 is 1.28 bits per heavy atom. The molecule has 1 aliphatic rings. The highest BCUT2D eigenvalue weighted by molar-refractivity contribution is 6.30. The van der Waals surface area contributed by atoms with Crippen LogP contribution < -0.4 is 0 Å². The second-order valence-electron chi connectivity index (χ2n) is 6.39. The summed E-state index contributed by atoms with van der Waals surface area (Å²) in [5.41, 5.74) is -0.670. The van der Waals surface area contributed by atoms with E-state index in [2.05, 4.69) is 0 Å². The number of ether oxygens (including phenoxy) is 1. The summed E-state index contributed by atoms with van der Waals surface area (Å²) in [7, 11) is 0. The van der Waals surface area contributed by atoms with E-state index in [4.69, 9.17) is 16.3 Å². The third kappa shape index (κ3) is 2.56. The Bertz CT molecular complexity index is 454. The molecular formula is C15H21ClO2. The van der Waals surface area contributed by atoms with Crippen molar-refractivity contribution < 1.29 is 9.84 Å². The molecule has 2 rings (SSSR count). The van der Waals surface area contributed by atoms with Gasteiger partial charge in [0, 0.05) is 17.9 Å². The van der Waals surface area contributed by atoms with Gasteiger partial charge in [-0.25, -0.2) is 0 Å². The number of halogens is 1. The zero-order valence-electron chi connectivity index (χ0n) is 11.5. The Morgan fingerprint density at radius 3 is 2.44 bits per heavy atom. The Labute approximate surface area is 114 Å². The maximum atomic E-state index is 10.9. The van der Waals surface area contributed by atoms with Gasteiger partial charge in [-0.05, 0) is 45.4 Å². The van der Waals surface area contributed by atoms with E-state index in [1.807, 2.05) is 52.0 Å². The van der Waals surface area contributed by atoms with Crippen molar-refractivity contribution in [3.8, 4) is 0 Å². The van der Waals surface area contributed by atoms with Crippen LogP contribution in [0.5, 0.6) is 0 Å². The van der Waals surface area contributed by atoms with Crippen LogP contribution in [-0.2, 0) is 11.2 Å². The van der Waals surface area contributed by atoms with E-state index in [-0.39, 0.29) is 5.60 Å². The quantitative estimate of drug-likeness (QED) is 0.888. The lowest BCUT2D eigenvalue weighted by atomic mass is 9.78. The summed E-state index contributed by atoms with van der Waals surface area (Å²) in [6.45, 7) is 7.94. The summed E-state index contributed by atoms with van der Waals surface area (Å²) in [6.07, 6.45) is 1.18. The fraction of sp³-hybridized carbons (Fsp3) is 0.600. The van der Waals surface area contributed by atoms with E-state index < -0.39 is 11.2 Å². The van der Waals surface area contributed by atoms with Crippen molar-refractivity contribution in [1.29, 1.82) is 0 Å². The molecule has 1 N–H and O–H groups in total. The van der Waals surface area contributed by atoms with Gasteiger partial charge in [-0.2, -0.15) is 0 Å². The van der Waals surface area contributed by atoms with Crippen molar-refractivity contribution in [2.24, 2.45) is 0 Å². The molecule has 1 heterocycles. The summed E-state index contributed by atoms with van der Waals surface area (Å²) < 4.78 is 5.97. The number of hydrogen-bond acceptors (Lipinski definition) is 2. The predicted molar refractivity (Wildman–Crippen MR) is 74.0 cm³/mol. The van der Waals surface area contributed by atoms with Gasteiger partial charge in [-0.3, -0.25) is 0 Å². The molecule has 100 valence electrons. The summed E-state index contributed by atoms with van der Waals surface area (Å²) in [4.78, 5) is 0. The number of benzene rings is 1. The highest BCUT2D eigenvalue weighted by Crippen LogP contribution is 2.46. The normalized spacial score (nSPS) is 29.4. The van der Waals surface area contributed by atoms with Crippen LogP contribution in [0.4, 0.5) is 0 Å². The van der Waals surface area contributed by atoms with Crippen LogP contribution in [0, 0.1) is 0 Å². The molecule has 1 atom stereocenters. The van der Waals surface area contributed by atoms with Gasteiger partial charge in [0.2, 0.25) is 0 Å². The van der Waals surface area contributed by atoms with Crippen LogP contribution in [-0.4, -0.2) is 21.9 Å². The van der Waals surface area contributed by atoms with E-state index in [9.17, 15) is 5.11 Å². The first-order valence-corrected chi connectivity index (χ1v) is 6.68. The third-order valence-corrected chi connectivity index (χ3v) is 3.99. The Kier molecular flexibility index (Phi) is 3.25. The number of hydrogen-bond donors (Lipinski definition) is 1. The van der Waals surface area contributed by atoms with Gasteiger partial charge in [0.15, 0.2) is 0 Å². The summed E-state index contributed by atoms with van der Waals surface area (Å²) in [6, 6.07) is 7.65. The Morgan fingerprint density at radius 2 is 1.94 bits per heavy atom. The van der Waals surface area contributed by atoms with Gasteiger partial charge in [-0.1, -0.05) is 23.7 Å². The van der Waals surface area contributed by atoms with Gasteiger partial charge in [0.05, 0.1) is 16.8 Å². The molecule has 0 aliphatic carbocycles. The first kappa shape index (κ1) is 13.9. The molecule has 18 heavy (non-hydrogen) atoms. The average molecular weight is 269 g/mol. The molecule has 0 amide bonds. The van der Waals surface area contributed by atoms with Gasteiger partial charge in [0.25, 0.3) is 0 Å². The standard InChI is InChI=1S/C15H21ClO2/c1-13(2)10-15(17,14(3,4)18-13)9-11-6-5-7-12(16)8-11/h5-8,17H,9-10H2,1-4H3. The van der Waals surface area contributed by atoms with Gasteiger partial charge in [-0.15, -0.1) is 0 Å². The van der Waals surface area contributed by atoms with Crippen LogP contribution in [0.15, 0.2) is 24.3 Å². The van der Waals surface area contributed by atoms with Crippen molar-refractivity contribution in [2.45, 2.75) is 57.3 Å². The molecule has 0 radical (unpaired) electrons. The lowest BCUT2D eigenvalue weighted by Crippen LogP contribution is -2.48. The molecule has 0 spiro atoms. The van der Waals surface area contributed by atoms with Gasteiger partial charge in [0.1, 0.15) is 0 Å². The maximum absolute atomic E-state index is 10.9. The highest BCUT2D eigenvalue weighted by atomic mass is 35.5. The topological polar surface area (TPSA) is 29.5 Å². The fourth-order valence-corrected chi connectivity index (χ4v) is 3.21. The highest BCUT2D eigenvalue weighted by Gasteiger charge is 2.56. The van der Waals surface area contributed by atoms with Crippen LogP contribution >= 0.6 is 11.6 Å². The van der Waals surface area contributed by atoms with E-state index in [0.29, 0.717) is 17.9 Å². The third-order valence-electron chi connectivity index (χ3n) is 3.76. The van der Waals surface area contributed by atoms with Crippen LogP contribution in [0.1, 0.15) is 39.7 Å². The molecule has 1 fully saturated rings. The Hall–Kier alpha value is -0.570. The van der Waals surface area contributed by atoms with E-state index in [0.717, 1.165) is 5.56 Å². The second-order valence-corrected chi connectivity index (χ2v) is 6.82. The molecule has 1 unspecified atom stereocenters. The minimum absolute atomic E-state index is 0.295. The van der Waals surface area contributed by atoms with Crippen molar-refractivity contribution >= 4 is 11.6 Å². The molecule has 1 aromatic carbocycles. The van der Waals surface area contributed by atoms with E-state index in [1.54, 1.807) is 0 Å². The summed E-state index contributed by atoms with van der Waals surface area (Å²) >= 11 is 5.99. The lowest BCUT2D eigenvalue weighted by Gasteiger charge is -2.35. The van der Waals surface area contributed by atoms with Crippen molar-refractivity contribution in [2.75, 3.05) is 0 Å². The first-order valence-electron chi connectivity index (χ1n) is 6.31. The molecular weight excluding hydrogens is 248 g/mol. The van der Waals surface area contributed by atoms with Crippen molar-refractivity contribution in [1.82, 2.24) is 0 Å². The molecule has 1 aromatic rings. The molecule has 0 aromatic heterocycles. The Balaban J connectivity index is 2.27. The van der Waals surface area contributed by atoms with Crippen LogP contribution in [0.3, 0.4) is 0 Å². The largest absolute Gasteiger partial charge is 0.386 e. The molecule has 2 nitrogen and oxygen atoms in total. The molecule has 0 saturated carbocycles. The van der Waals surface area contributed by atoms with E-state index >= 15 is 0 Å². The monoisotopic (exact) mass is 268 g/mol. The molecule has 0 bridgehead atoms. The average Bonchev–Trinajstić information content (AvgIpc) is 2.29. The summed E-state index contributed by atoms with van der Waals surface area (Å²) in [5.74, 6) is 0. The van der Waals surface area contributed by atoms with Crippen molar-refractivity contribution in [3.63, 3.8) is 0 Å². The van der Waals surface area contributed by atoms with Crippen LogP contribution in [0.25, 0.3) is 0 Å². The first-order chi connectivity index (χ1) is 8.14. The molecule has 1 saturated heterocycles. The lowest BCUT2D eigenvalue weighted by molar-refractivity contribution is -0.125.